The zero-order chi connectivity index (χ0) is 21.5. The number of carbonyl (C=O) groups excluding carboxylic acids is 1. The zero-order valence-electron chi connectivity index (χ0n) is 15.1. The first-order valence-electron chi connectivity index (χ1n) is 8.60. The molecule has 1 aromatic carbocycles. The van der Waals surface area contributed by atoms with E-state index in [0.29, 0.717) is 16.8 Å². The molecule has 0 aliphatic carbocycles. The molecule has 1 amide bonds. The van der Waals surface area contributed by atoms with Gasteiger partial charge in [-0.25, -0.2) is 0 Å². The van der Waals surface area contributed by atoms with Crippen molar-refractivity contribution in [1.82, 2.24) is 10.3 Å². The second-order valence-corrected chi connectivity index (χ2v) is 6.24. The van der Waals surface area contributed by atoms with Crippen molar-refractivity contribution in [3.63, 3.8) is 0 Å². The van der Waals surface area contributed by atoms with Crippen LogP contribution in [-0.4, -0.2) is 29.9 Å². The molecule has 1 N–H and O–H groups in total. The lowest BCUT2D eigenvalue weighted by atomic mass is 10.1. The van der Waals surface area contributed by atoms with E-state index in [1.807, 2.05) is 0 Å². The summed E-state index contributed by atoms with van der Waals surface area (Å²) in [5.74, 6) is -0.454. The van der Waals surface area contributed by atoms with Crippen LogP contribution in [0.4, 0.5) is 26.3 Å². The molecule has 4 nitrogen and oxygen atoms in total. The number of hydrogen-bond donors (Lipinski definition) is 1. The van der Waals surface area contributed by atoms with Gasteiger partial charge < -0.3 is 10.1 Å². The number of halogens is 6. The SMILES string of the molecule is O=C(NCc1ccc(OCC(F)(F)F)cn1)c1ccc(CCCC(F)(F)F)cc1. The number of pyridine rings is 1. The van der Waals surface area contributed by atoms with Gasteiger partial charge in [-0.3, -0.25) is 9.78 Å². The monoisotopic (exact) mass is 420 g/mol. The van der Waals surface area contributed by atoms with Crippen LogP contribution in [0.1, 0.15) is 34.5 Å². The van der Waals surface area contributed by atoms with Crippen LogP contribution in [0.25, 0.3) is 0 Å². The highest BCUT2D eigenvalue weighted by Crippen LogP contribution is 2.22. The lowest BCUT2D eigenvalue weighted by molar-refractivity contribution is -0.153. The van der Waals surface area contributed by atoms with Gasteiger partial charge >= 0.3 is 12.4 Å². The van der Waals surface area contributed by atoms with Crippen LogP contribution < -0.4 is 10.1 Å². The molecular weight excluding hydrogens is 402 g/mol. The molecule has 0 aliphatic rings. The van der Waals surface area contributed by atoms with Crippen LogP contribution >= 0.6 is 0 Å². The topological polar surface area (TPSA) is 51.2 Å². The van der Waals surface area contributed by atoms with Crippen molar-refractivity contribution in [2.45, 2.75) is 38.2 Å². The second kappa shape index (κ2) is 9.62. The van der Waals surface area contributed by atoms with Crippen LogP contribution in [0.5, 0.6) is 5.75 Å². The Morgan fingerprint density at radius 3 is 2.21 bits per heavy atom. The Labute approximate surface area is 162 Å². The third-order valence-corrected chi connectivity index (χ3v) is 3.77. The van der Waals surface area contributed by atoms with Gasteiger partial charge in [-0.1, -0.05) is 12.1 Å². The van der Waals surface area contributed by atoms with Crippen molar-refractivity contribution in [3.05, 3.63) is 59.4 Å². The molecule has 2 rings (SSSR count). The van der Waals surface area contributed by atoms with Gasteiger partial charge in [0, 0.05) is 12.0 Å². The predicted octanol–water partition coefficient (Wildman–Crippen LogP) is 4.84. The number of carbonyl (C=O) groups is 1. The summed E-state index contributed by atoms with van der Waals surface area (Å²) < 4.78 is 77.3. The summed E-state index contributed by atoms with van der Waals surface area (Å²) in [4.78, 5) is 16.0. The van der Waals surface area contributed by atoms with Crippen molar-refractivity contribution in [3.8, 4) is 5.75 Å². The Bertz CT molecular complexity index is 786. The molecule has 1 heterocycles. The number of nitrogens with one attached hydrogen (secondary N) is 1. The Morgan fingerprint density at radius 2 is 1.66 bits per heavy atom. The molecule has 0 bridgehead atoms. The maximum absolute atomic E-state index is 12.2. The molecular formula is C19H18F6N2O2. The number of benzene rings is 1. The minimum atomic E-state index is -4.44. The van der Waals surface area contributed by atoms with Gasteiger partial charge in [0.05, 0.1) is 18.4 Å². The van der Waals surface area contributed by atoms with Gasteiger partial charge in [-0.05, 0) is 42.7 Å². The van der Waals surface area contributed by atoms with E-state index in [1.54, 1.807) is 12.1 Å². The molecule has 0 fully saturated rings. The Morgan fingerprint density at radius 1 is 0.966 bits per heavy atom. The van der Waals surface area contributed by atoms with Gasteiger partial charge in [-0.2, -0.15) is 26.3 Å². The Balaban J connectivity index is 1.80. The van der Waals surface area contributed by atoms with Gasteiger partial charge in [0.2, 0.25) is 0 Å². The summed E-state index contributed by atoms with van der Waals surface area (Å²) in [5, 5.41) is 2.60. The number of alkyl halides is 6. The van der Waals surface area contributed by atoms with E-state index in [1.165, 1.54) is 24.3 Å². The standard InChI is InChI=1S/C19H18F6N2O2/c20-18(21,22)9-1-2-13-3-5-14(6-4-13)17(28)27-10-15-7-8-16(11-26-15)29-12-19(23,24)25/h3-8,11H,1-2,9-10,12H2,(H,27,28). The molecule has 1 aromatic heterocycles. The maximum atomic E-state index is 12.2. The predicted molar refractivity (Wildman–Crippen MR) is 92.4 cm³/mol. The first-order chi connectivity index (χ1) is 13.5. The smallest absolute Gasteiger partial charge is 0.422 e. The number of aryl methyl sites for hydroxylation is 1. The van der Waals surface area contributed by atoms with Gasteiger partial charge in [0.15, 0.2) is 6.61 Å². The number of aromatic nitrogens is 1. The molecule has 0 aliphatic heterocycles. The normalized spacial score (nSPS) is 11.9. The number of ether oxygens (including phenoxy) is 1. The van der Waals surface area contributed by atoms with E-state index in [-0.39, 0.29) is 25.1 Å². The average Bonchev–Trinajstić information content (AvgIpc) is 2.64. The first kappa shape index (κ1) is 22.5. The third kappa shape index (κ3) is 8.84. The summed E-state index contributed by atoms with van der Waals surface area (Å²) in [7, 11) is 0. The molecule has 0 saturated carbocycles. The highest BCUT2D eigenvalue weighted by atomic mass is 19.4. The minimum Gasteiger partial charge on any atom is -0.483 e. The van der Waals surface area contributed by atoms with E-state index in [4.69, 9.17) is 0 Å². The van der Waals surface area contributed by atoms with E-state index in [0.717, 1.165) is 6.20 Å². The Hall–Kier alpha value is -2.78. The molecule has 2 aromatic rings. The first-order valence-corrected chi connectivity index (χ1v) is 8.60. The van der Waals surface area contributed by atoms with Crippen molar-refractivity contribution in [2.75, 3.05) is 6.61 Å². The quantitative estimate of drug-likeness (QED) is 0.622. The van der Waals surface area contributed by atoms with E-state index < -0.39 is 31.3 Å². The van der Waals surface area contributed by atoms with Crippen LogP contribution in [0, 0.1) is 0 Å². The minimum absolute atomic E-state index is 0.0244. The lowest BCUT2D eigenvalue weighted by Gasteiger charge is -2.10. The summed E-state index contributed by atoms with van der Waals surface area (Å²) in [6.45, 7) is -1.37. The van der Waals surface area contributed by atoms with Gasteiger partial charge in [0.1, 0.15) is 5.75 Å². The molecule has 158 valence electrons. The van der Waals surface area contributed by atoms with E-state index in [9.17, 15) is 31.1 Å². The van der Waals surface area contributed by atoms with E-state index >= 15 is 0 Å². The average molecular weight is 420 g/mol. The number of amides is 1. The van der Waals surface area contributed by atoms with Crippen LogP contribution in [0.15, 0.2) is 42.6 Å². The highest BCUT2D eigenvalue weighted by molar-refractivity contribution is 5.94. The fourth-order valence-electron chi connectivity index (χ4n) is 2.35. The second-order valence-electron chi connectivity index (χ2n) is 6.24. The zero-order valence-corrected chi connectivity index (χ0v) is 15.1. The largest absolute Gasteiger partial charge is 0.483 e. The number of hydrogen-bond acceptors (Lipinski definition) is 3. The molecule has 29 heavy (non-hydrogen) atoms. The van der Waals surface area contributed by atoms with Crippen LogP contribution in [0.2, 0.25) is 0 Å². The lowest BCUT2D eigenvalue weighted by Crippen LogP contribution is -2.23. The molecule has 0 radical (unpaired) electrons. The molecule has 0 saturated heterocycles. The molecule has 0 unspecified atom stereocenters. The fraction of sp³-hybridized carbons (Fsp3) is 0.368. The Kier molecular flexibility index (Phi) is 7.46. The van der Waals surface area contributed by atoms with Crippen molar-refractivity contribution < 1.29 is 35.9 Å². The summed E-state index contributed by atoms with van der Waals surface area (Å²) in [6.07, 6.45) is -8.13. The van der Waals surface area contributed by atoms with Crippen LogP contribution in [-0.2, 0) is 13.0 Å². The van der Waals surface area contributed by atoms with Gasteiger partial charge in [0.25, 0.3) is 5.91 Å². The van der Waals surface area contributed by atoms with Crippen molar-refractivity contribution >= 4 is 5.91 Å². The molecule has 0 spiro atoms. The summed E-state index contributed by atoms with van der Waals surface area (Å²) >= 11 is 0. The van der Waals surface area contributed by atoms with Gasteiger partial charge in [-0.15, -0.1) is 0 Å². The maximum Gasteiger partial charge on any atom is 0.422 e. The van der Waals surface area contributed by atoms with E-state index in [2.05, 4.69) is 15.0 Å². The van der Waals surface area contributed by atoms with Crippen LogP contribution in [0.3, 0.4) is 0 Å². The number of rotatable bonds is 8. The van der Waals surface area contributed by atoms with Crippen molar-refractivity contribution in [1.29, 1.82) is 0 Å². The summed E-state index contributed by atoms with van der Waals surface area (Å²) in [6, 6.07) is 8.96. The highest BCUT2D eigenvalue weighted by Gasteiger charge is 2.28. The fourth-order valence-corrected chi connectivity index (χ4v) is 2.35. The summed E-state index contributed by atoms with van der Waals surface area (Å²) in [5.41, 5.74) is 1.44. The molecule has 0 atom stereocenters. The number of nitrogens with zero attached hydrogens (tertiary/aromatic N) is 1. The molecule has 10 heteroatoms. The third-order valence-electron chi connectivity index (χ3n) is 3.77. The van der Waals surface area contributed by atoms with Crippen molar-refractivity contribution in [2.24, 2.45) is 0 Å².